The largest absolute Gasteiger partial charge is 0.295 e. The van der Waals surface area contributed by atoms with Gasteiger partial charge >= 0.3 is 0 Å². The first kappa shape index (κ1) is 15.1. The highest BCUT2D eigenvalue weighted by Crippen LogP contribution is 2.27. The van der Waals surface area contributed by atoms with Crippen molar-refractivity contribution in [1.82, 2.24) is 0 Å². The van der Waals surface area contributed by atoms with Gasteiger partial charge in [-0.05, 0) is 17.4 Å². The number of fused-ring (bicyclic) bond motifs is 1. The number of hydrogen-bond acceptors (Lipinski definition) is 2. The van der Waals surface area contributed by atoms with Gasteiger partial charge in [0.25, 0.3) is 10.1 Å². The van der Waals surface area contributed by atoms with Crippen molar-refractivity contribution in [2.75, 3.05) is 0 Å². The molecule has 100 valence electrons. The molecule has 2 aromatic carbocycles. The average Bonchev–Trinajstić information content (AvgIpc) is 2.39. The standard InChI is InChI=1S/C13H12O3S.C2H4/c1-2-5-11-9-8-10-6-3-4-7-12(10)13(11)17(14,15)16;1-2/h2-4,6-9H,1,5H2,(H,14,15,16);1-2H2. The molecule has 0 bridgehead atoms. The maximum atomic E-state index is 11.5. The smallest absolute Gasteiger partial charge is 0.282 e. The Labute approximate surface area is 113 Å². The predicted octanol–water partition coefficient (Wildman–Crippen LogP) is 3.62. The molecule has 0 fully saturated rings. The molecular formula is C15H16O3S. The molecule has 3 nitrogen and oxygen atoms in total. The first-order valence-corrected chi connectivity index (χ1v) is 7.07. The highest BCUT2D eigenvalue weighted by molar-refractivity contribution is 7.86. The van der Waals surface area contributed by atoms with Crippen LogP contribution in [0, 0.1) is 0 Å². The lowest BCUT2D eigenvalue weighted by Crippen LogP contribution is -2.03. The number of hydrogen-bond donors (Lipinski definition) is 1. The van der Waals surface area contributed by atoms with Crippen LogP contribution in [0.15, 0.2) is 67.1 Å². The van der Waals surface area contributed by atoms with Crippen LogP contribution in [0.2, 0.25) is 0 Å². The Morgan fingerprint density at radius 3 is 2.32 bits per heavy atom. The molecule has 0 aliphatic heterocycles. The maximum absolute atomic E-state index is 11.5. The molecular weight excluding hydrogens is 260 g/mol. The van der Waals surface area contributed by atoms with Crippen molar-refractivity contribution in [2.24, 2.45) is 0 Å². The first-order chi connectivity index (χ1) is 9.04. The summed E-state index contributed by atoms with van der Waals surface area (Å²) in [4.78, 5) is -0.0181. The SMILES string of the molecule is C=C.C=CCc1ccc2ccccc2c1S(=O)(=O)O. The monoisotopic (exact) mass is 276 g/mol. The second kappa shape index (κ2) is 6.31. The first-order valence-electron chi connectivity index (χ1n) is 5.63. The Morgan fingerprint density at radius 1 is 1.11 bits per heavy atom. The summed E-state index contributed by atoms with van der Waals surface area (Å²) in [7, 11) is -4.23. The second-order valence-electron chi connectivity index (χ2n) is 3.74. The average molecular weight is 276 g/mol. The third kappa shape index (κ3) is 3.30. The summed E-state index contributed by atoms with van der Waals surface area (Å²) in [5, 5.41) is 1.32. The van der Waals surface area contributed by atoms with E-state index in [1.807, 2.05) is 18.2 Å². The van der Waals surface area contributed by atoms with E-state index >= 15 is 0 Å². The van der Waals surface area contributed by atoms with Crippen molar-refractivity contribution in [2.45, 2.75) is 11.3 Å². The van der Waals surface area contributed by atoms with E-state index in [0.29, 0.717) is 17.4 Å². The van der Waals surface area contributed by atoms with E-state index in [1.54, 1.807) is 24.3 Å². The molecule has 0 unspecified atom stereocenters. The summed E-state index contributed by atoms with van der Waals surface area (Å²) in [5.41, 5.74) is 0.557. The van der Waals surface area contributed by atoms with Gasteiger partial charge in [0.1, 0.15) is 4.90 Å². The van der Waals surface area contributed by atoms with E-state index in [0.717, 1.165) is 5.39 Å². The summed E-state index contributed by atoms with van der Waals surface area (Å²) in [5.74, 6) is 0. The van der Waals surface area contributed by atoms with Crippen LogP contribution in [-0.2, 0) is 16.5 Å². The molecule has 0 radical (unpaired) electrons. The lowest BCUT2D eigenvalue weighted by molar-refractivity contribution is 0.483. The number of rotatable bonds is 3. The van der Waals surface area contributed by atoms with Gasteiger partial charge < -0.3 is 0 Å². The lowest BCUT2D eigenvalue weighted by atomic mass is 10.0. The van der Waals surface area contributed by atoms with Gasteiger partial charge in [-0.25, -0.2) is 0 Å². The van der Waals surface area contributed by atoms with E-state index < -0.39 is 10.1 Å². The molecule has 0 amide bonds. The summed E-state index contributed by atoms with van der Waals surface area (Å²) in [6.45, 7) is 9.58. The minimum atomic E-state index is -4.23. The van der Waals surface area contributed by atoms with Crippen LogP contribution in [0.4, 0.5) is 0 Å². The molecule has 0 atom stereocenters. The lowest BCUT2D eigenvalue weighted by Gasteiger charge is -2.09. The fourth-order valence-corrected chi connectivity index (χ4v) is 2.86. The Morgan fingerprint density at radius 2 is 1.74 bits per heavy atom. The van der Waals surface area contributed by atoms with Crippen LogP contribution in [0.25, 0.3) is 10.8 Å². The van der Waals surface area contributed by atoms with E-state index in [9.17, 15) is 13.0 Å². The van der Waals surface area contributed by atoms with Gasteiger partial charge in [0.2, 0.25) is 0 Å². The van der Waals surface area contributed by atoms with Crippen LogP contribution < -0.4 is 0 Å². The Kier molecular flexibility index (Phi) is 5.03. The number of allylic oxidation sites excluding steroid dienone is 1. The molecule has 0 aliphatic carbocycles. The molecule has 2 rings (SSSR count). The quantitative estimate of drug-likeness (QED) is 0.688. The van der Waals surface area contributed by atoms with Crippen molar-refractivity contribution < 1.29 is 13.0 Å². The van der Waals surface area contributed by atoms with Crippen LogP contribution >= 0.6 is 0 Å². The highest BCUT2D eigenvalue weighted by atomic mass is 32.2. The predicted molar refractivity (Wildman–Crippen MR) is 78.9 cm³/mol. The van der Waals surface area contributed by atoms with Gasteiger partial charge in [0, 0.05) is 5.39 Å². The molecule has 0 aromatic heterocycles. The van der Waals surface area contributed by atoms with Crippen LogP contribution in [0.3, 0.4) is 0 Å². The summed E-state index contributed by atoms with van der Waals surface area (Å²) in [6, 6.07) is 10.6. The molecule has 0 saturated carbocycles. The molecule has 0 spiro atoms. The second-order valence-corrected chi connectivity index (χ2v) is 5.10. The molecule has 0 heterocycles. The zero-order valence-electron chi connectivity index (χ0n) is 10.5. The van der Waals surface area contributed by atoms with Crippen molar-refractivity contribution in [3.8, 4) is 0 Å². The third-order valence-corrected chi connectivity index (χ3v) is 3.58. The van der Waals surface area contributed by atoms with Crippen molar-refractivity contribution >= 4 is 20.9 Å². The van der Waals surface area contributed by atoms with Crippen LogP contribution in [0.5, 0.6) is 0 Å². The van der Waals surface area contributed by atoms with E-state index in [4.69, 9.17) is 0 Å². The van der Waals surface area contributed by atoms with E-state index in [-0.39, 0.29) is 4.90 Å². The van der Waals surface area contributed by atoms with Crippen molar-refractivity contribution in [3.63, 3.8) is 0 Å². The summed E-state index contributed by atoms with van der Waals surface area (Å²) in [6.07, 6.45) is 2.01. The van der Waals surface area contributed by atoms with Gasteiger partial charge in [-0.3, -0.25) is 4.55 Å². The van der Waals surface area contributed by atoms with Crippen LogP contribution in [-0.4, -0.2) is 13.0 Å². The summed E-state index contributed by atoms with van der Waals surface area (Å²) < 4.78 is 32.3. The zero-order chi connectivity index (χ0) is 14.5. The summed E-state index contributed by atoms with van der Waals surface area (Å²) >= 11 is 0. The fourth-order valence-electron chi connectivity index (χ4n) is 1.91. The van der Waals surface area contributed by atoms with Gasteiger partial charge in [-0.15, -0.1) is 19.7 Å². The van der Waals surface area contributed by atoms with Crippen molar-refractivity contribution in [1.29, 1.82) is 0 Å². The Balaban J connectivity index is 0.000000861. The van der Waals surface area contributed by atoms with Crippen LogP contribution in [0.1, 0.15) is 5.56 Å². The normalized spacial score (nSPS) is 10.6. The molecule has 0 aliphatic rings. The van der Waals surface area contributed by atoms with Gasteiger partial charge in [-0.1, -0.05) is 42.5 Å². The molecule has 0 saturated heterocycles. The highest BCUT2D eigenvalue weighted by Gasteiger charge is 2.18. The maximum Gasteiger partial charge on any atom is 0.295 e. The Bertz CT molecular complexity index is 688. The number of benzene rings is 2. The molecule has 1 N–H and O–H groups in total. The third-order valence-electron chi connectivity index (χ3n) is 2.58. The van der Waals surface area contributed by atoms with Crippen molar-refractivity contribution in [3.05, 3.63) is 67.8 Å². The Hall–Kier alpha value is -1.91. The van der Waals surface area contributed by atoms with Gasteiger partial charge in [-0.2, -0.15) is 8.42 Å². The molecule has 2 aromatic rings. The van der Waals surface area contributed by atoms with E-state index in [1.165, 1.54) is 0 Å². The molecule has 4 heteroatoms. The fraction of sp³-hybridized carbons (Fsp3) is 0.0667. The molecule has 19 heavy (non-hydrogen) atoms. The minimum Gasteiger partial charge on any atom is -0.282 e. The topological polar surface area (TPSA) is 54.4 Å². The van der Waals surface area contributed by atoms with Gasteiger partial charge in [0.05, 0.1) is 0 Å². The van der Waals surface area contributed by atoms with Gasteiger partial charge in [0.15, 0.2) is 0 Å². The zero-order valence-corrected chi connectivity index (χ0v) is 11.4. The van der Waals surface area contributed by atoms with E-state index in [2.05, 4.69) is 19.7 Å². The minimum absolute atomic E-state index is 0.0181.